The number of likely N-dealkylation sites (tertiary alicyclic amines) is 1. The minimum absolute atomic E-state index is 0.106. The van der Waals surface area contributed by atoms with E-state index in [1.54, 1.807) is 0 Å². The minimum atomic E-state index is -0.304. The molecule has 2 fully saturated rings. The van der Waals surface area contributed by atoms with Gasteiger partial charge in [-0.2, -0.15) is 0 Å². The molecule has 0 radical (unpaired) electrons. The molecule has 4 nitrogen and oxygen atoms in total. The molecule has 1 amide bonds. The summed E-state index contributed by atoms with van der Waals surface area (Å²) in [6.07, 6.45) is 7.72. The summed E-state index contributed by atoms with van der Waals surface area (Å²) >= 11 is 0. The predicted molar refractivity (Wildman–Crippen MR) is 80.3 cm³/mol. The second-order valence-corrected chi connectivity index (χ2v) is 6.31. The van der Waals surface area contributed by atoms with Gasteiger partial charge in [-0.1, -0.05) is 6.08 Å². The Morgan fingerprint density at radius 3 is 2.95 bits per heavy atom. The van der Waals surface area contributed by atoms with Crippen molar-refractivity contribution in [1.82, 2.24) is 10.2 Å². The molecule has 0 aromatic carbocycles. The smallest absolute Gasteiger partial charge is 0.224 e. The molecular weight excluding hydrogens is 252 g/mol. The fourth-order valence-corrected chi connectivity index (χ4v) is 2.85. The molecule has 2 aliphatic rings. The second kappa shape index (κ2) is 7.79. The molecule has 1 heterocycles. The fraction of sp³-hybridized carbons (Fsp3) is 0.812. The first kappa shape index (κ1) is 15.5. The summed E-state index contributed by atoms with van der Waals surface area (Å²) < 4.78 is 0. The minimum Gasteiger partial charge on any atom is -0.392 e. The first-order valence-electron chi connectivity index (χ1n) is 7.98. The quantitative estimate of drug-likeness (QED) is 0.663. The molecule has 1 saturated carbocycles. The molecule has 20 heavy (non-hydrogen) atoms. The van der Waals surface area contributed by atoms with Crippen molar-refractivity contribution in [2.24, 2.45) is 11.8 Å². The van der Waals surface area contributed by atoms with E-state index in [4.69, 9.17) is 0 Å². The highest BCUT2D eigenvalue weighted by molar-refractivity contribution is 5.79. The van der Waals surface area contributed by atoms with E-state index in [9.17, 15) is 9.90 Å². The van der Waals surface area contributed by atoms with E-state index in [1.165, 1.54) is 12.8 Å². The van der Waals surface area contributed by atoms with Crippen LogP contribution in [0.15, 0.2) is 12.7 Å². The molecule has 1 aliphatic carbocycles. The third kappa shape index (κ3) is 5.25. The number of allylic oxidation sites excluding steroid dienone is 1. The number of nitrogens with one attached hydrogen (secondary N) is 1. The summed E-state index contributed by atoms with van der Waals surface area (Å²) in [6, 6.07) is 0. The molecule has 0 spiro atoms. The largest absolute Gasteiger partial charge is 0.392 e. The number of carbonyl (C=O) groups excluding carboxylic acids is 1. The Balaban J connectivity index is 1.69. The van der Waals surface area contributed by atoms with Gasteiger partial charge < -0.3 is 10.4 Å². The number of amides is 1. The van der Waals surface area contributed by atoms with Gasteiger partial charge in [0.1, 0.15) is 0 Å². The third-order valence-electron chi connectivity index (χ3n) is 4.31. The Bertz CT molecular complexity index is 328. The van der Waals surface area contributed by atoms with Crippen molar-refractivity contribution in [1.29, 1.82) is 0 Å². The number of piperidine rings is 1. The van der Waals surface area contributed by atoms with Crippen LogP contribution >= 0.6 is 0 Å². The van der Waals surface area contributed by atoms with Gasteiger partial charge in [0.05, 0.1) is 12.0 Å². The van der Waals surface area contributed by atoms with Crippen molar-refractivity contribution in [3.05, 3.63) is 12.7 Å². The maximum atomic E-state index is 12.1. The highest BCUT2D eigenvalue weighted by Gasteiger charge is 2.28. The van der Waals surface area contributed by atoms with Crippen molar-refractivity contribution in [2.75, 3.05) is 26.2 Å². The van der Waals surface area contributed by atoms with Crippen LogP contribution in [0, 0.1) is 11.8 Å². The Kier molecular flexibility index (Phi) is 6.05. The first-order chi connectivity index (χ1) is 9.69. The number of hydrogen-bond acceptors (Lipinski definition) is 3. The second-order valence-electron chi connectivity index (χ2n) is 6.31. The lowest BCUT2D eigenvalue weighted by Gasteiger charge is -2.33. The zero-order chi connectivity index (χ0) is 14.4. The Morgan fingerprint density at radius 2 is 2.25 bits per heavy atom. The van der Waals surface area contributed by atoms with E-state index < -0.39 is 0 Å². The Hall–Kier alpha value is -0.870. The molecule has 2 rings (SSSR count). The van der Waals surface area contributed by atoms with Crippen LogP contribution in [-0.4, -0.2) is 48.2 Å². The molecule has 4 heteroatoms. The van der Waals surface area contributed by atoms with Gasteiger partial charge >= 0.3 is 0 Å². The van der Waals surface area contributed by atoms with Crippen LogP contribution in [-0.2, 0) is 4.79 Å². The lowest BCUT2D eigenvalue weighted by molar-refractivity contribution is -0.127. The van der Waals surface area contributed by atoms with Gasteiger partial charge in [-0.05, 0) is 51.0 Å². The van der Waals surface area contributed by atoms with Crippen LogP contribution in [0.25, 0.3) is 0 Å². The van der Waals surface area contributed by atoms with Gasteiger partial charge in [0.2, 0.25) is 5.91 Å². The molecule has 2 unspecified atom stereocenters. The summed E-state index contributed by atoms with van der Waals surface area (Å²) in [6.45, 7) is 7.01. The third-order valence-corrected chi connectivity index (χ3v) is 4.31. The molecule has 2 N–H and O–H groups in total. The maximum Gasteiger partial charge on any atom is 0.224 e. The molecule has 2 atom stereocenters. The standard InChI is InChI=1S/C16H28N2O2/c1-2-3-6-15(19)12-18-9-4-5-14(11-18)16(20)17-10-13-7-8-13/h2,13-15,19H,1,3-12H2,(H,17,20). The molecule has 0 bridgehead atoms. The number of aliphatic hydroxyl groups is 1. The van der Waals surface area contributed by atoms with E-state index in [0.29, 0.717) is 6.54 Å². The highest BCUT2D eigenvalue weighted by atomic mass is 16.3. The summed E-state index contributed by atoms with van der Waals surface area (Å²) in [4.78, 5) is 14.4. The topological polar surface area (TPSA) is 52.6 Å². The number of β-amino-alcohol motifs (C(OH)–C–C–N with tert-alkyl or cyclic N) is 1. The van der Waals surface area contributed by atoms with Crippen LogP contribution in [0.4, 0.5) is 0 Å². The molecular formula is C16H28N2O2. The molecule has 0 aromatic rings. The number of aliphatic hydroxyl groups excluding tert-OH is 1. The van der Waals surface area contributed by atoms with Crippen LogP contribution in [0.5, 0.6) is 0 Å². The van der Waals surface area contributed by atoms with Gasteiger partial charge in [0.25, 0.3) is 0 Å². The van der Waals surface area contributed by atoms with Crippen LogP contribution in [0.3, 0.4) is 0 Å². The summed E-state index contributed by atoms with van der Waals surface area (Å²) in [5.41, 5.74) is 0. The summed E-state index contributed by atoms with van der Waals surface area (Å²) in [5, 5.41) is 13.0. The Morgan fingerprint density at radius 1 is 1.45 bits per heavy atom. The molecule has 0 aromatic heterocycles. The number of hydrogen-bond donors (Lipinski definition) is 2. The predicted octanol–water partition coefficient (Wildman–Crippen LogP) is 1.55. The maximum absolute atomic E-state index is 12.1. The number of nitrogens with zero attached hydrogens (tertiary/aromatic N) is 1. The lowest BCUT2D eigenvalue weighted by atomic mass is 9.96. The molecule has 114 valence electrons. The zero-order valence-electron chi connectivity index (χ0n) is 12.4. The lowest BCUT2D eigenvalue weighted by Crippen LogP contribution is -2.45. The van der Waals surface area contributed by atoms with Crippen molar-refractivity contribution in [3.8, 4) is 0 Å². The first-order valence-corrected chi connectivity index (χ1v) is 7.98. The number of rotatable bonds is 8. The van der Waals surface area contributed by atoms with Crippen molar-refractivity contribution < 1.29 is 9.90 Å². The van der Waals surface area contributed by atoms with E-state index in [2.05, 4.69) is 16.8 Å². The van der Waals surface area contributed by atoms with E-state index >= 15 is 0 Å². The summed E-state index contributed by atoms with van der Waals surface area (Å²) in [7, 11) is 0. The van der Waals surface area contributed by atoms with Crippen molar-refractivity contribution in [3.63, 3.8) is 0 Å². The fourth-order valence-electron chi connectivity index (χ4n) is 2.85. The molecule has 1 saturated heterocycles. The normalized spacial score (nSPS) is 25.1. The highest BCUT2D eigenvalue weighted by Crippen LogP contribution is 2.28. The monoisotopic (exact) mass is 280 g/mol. The van der Waals surface area contributed by atoms with Crippen molar-refractivity contribution >= 4 is 5.91 Å². The average Bonchev–Trinajstić information content (AvgIpc) is 3.27. The van der Waals surface area contributed by atoms with Gasteiger partial charge in [-0.15, -0.1) is 6.58 Å². The molecule has 1 aliphatic heterocycles. The van der Waals surface area contributed by atoms with Crippen molar-refractivity contribution in [2.45, 2.75) is 44.6 Å². The summed E-state index contributed by atoms with van der Waals surface area (Å²) in [5.74, 6) is 1.05. The Labute approximate surface area is 122 Å². The number of carbonyl (C=O) groups is 1. The van der Waals surface area contributed by atoms with Crippen LogP contribution < -0.4 is 5.32 Å². The van der Waals surface area contributed by atoms with Gasteiger partial charge in [0, 0.05) is 19.6 Å². The van der Waals surface area contributed by atoms with Crippen LogP contribution in [0.1, 0.15) is 38.5 Å². The van der Waals surface area contributed by atoms with Gasteiger partial charge in [-0.3, -0.25) is 9.69 Å². The van der Waals surface area contributed by atoms with Gasteiger partial charge in [0.15, 0.2) is 0 Å². The van der Waals surface area contributed by atoms with E-state index in [-0.39, 0.29) is 17.9 Å². The van der Waals surface area contributed by atoms with E-state index in [0.717, 1.165) is 51.2 Å². The van der Waals surface area contributed by atoms with Crippen LogP contribution in [0.2, 0.25) is 0 Å². The average molecular weight is 280 g/mol. The SMILES string of the molecule is C=CCCC(O)CN1CCCC(C(=O)NCC2CC2)C1. The van der Waals surface area contributed by atoms with E-state index in [1.807, 2.05) is 6.08 Å². The van der Waals surface area contributed by atoms with Gasteiger partial charge in [-0.25, -0.2) is 0 Å². The zero-order valence-corrected chi connectivity index (χ0v) is 12.4.